The number of carbonyl (C=O) groups excluding carboxylic acids is 6. The van der Waals surface area contributed by atoms with Crippen LogP contribution in [0.4, 0.5) is 39.0 Å². The summed E-state index contributed by atoms with van der Waals surface area (Å²) in [5, 5.41) is 112. The highest BCUT2D eigenvalue weighted by atomic mass is 19.1. The summed E-state index contributed by atoms with van der Waals surface area (Å²) in [5.74, 6) is -0.752. The zero-order chi connectivity index (χ0) is 94.6. The summed E-state index contributed by atoms with van der Waals surface area (Å²) in [7, 11) is 0. The predicted molar refractivity (Wildman–Crippen MR) is 503 cm³/mol. The molecule has 0 fully saturated rings. The maximum absolute atomic E-state index is 13.1. The molecule has 33 heteroatoms. The Labute approximate surface area is 759 Å². The van der Waals surface area contributed by atoms with Gasteiger partial charge in [-0.15, -0.1) is 0 Å². The molecule has 0 atom stereocenters. The van der Waals surface area contributed by atoms with Gasteiger partial charge in [0, 0.05) is 80.6 Å². The number of aliphatic hydroxyl groups excluding tert-OH is 2. The van der Waals surface area contributed by atoms with Crippen molar-refractivity contribution in [3.05, 3.63) is 369 Å². The van der Waals surface area contributed by atoms with Crippen LogP contribution in [0.15, 0.2) is 206 Å². The lowest BCUT2D eigenvalue weighted by molar-refractivity contribution is 0.0991. The van der Waals surface area contributed by atoms with Crippen molar-refractivity contribution in [2.24, 2.45) is 22.9 Å². The zero-order valence-electron chi connectivity index (χ0n) is 73.8. The van der Waals surface area contributed by atoms with E-state index < -0.39 is 29.4 Å². The van der Waals surface area contributed by atoms with Crippen molar-refractivity contribution in [3.63, 3.8) is 0 Å². The molecule has 0 aliphatic rings. The van der Waals surface area contributed by atoms with Crippen LogP contribution in [0.5, 0.6) is 23.0 Å². The number of hydrogen-bond acceptors (Lipinski definition) is 21. The molecule has 32 nitrogen and oxygen atoms in total. The predicted octanol–water partition coefficient (Wildman–Crippen LogP) is 14.2. The number of hydrogen-bond donors (Lipinski definition) is 21. The van der Waals surface area contributed by atoms with E-state index in [1.54, 1.807) is 54.7 Å². The fraction of sp³-hybridized carbons (Fsp3) is 0.182. The third-order valence-electron chi connectivity index (χ3n) is 21.8. The highest BCUT2D eigenvalue weighted by Crippen LogP contribution is 2.32. The van der Waals surface area contributed by atoms with E-state index in [9.17, 15) is 63.8 Å². The lowest BCUT2D eigenvalue weighted by Crippen LogP contribution is -2.16. The first kappa shape index (κ1) is 94.5. The molecule has 0 radical (unpaired) electrons. The molecule has 0 saturated heterocycles. The Morgan fingerprint density at radius 3 is 0.992 bits per heavy atom. The van der Waals surface area contributed by atoms with Gasteiger partial charge in [-0.1, -0.05) is 140 Å². The van der Waals surface area contributed by atoms with Gasteiger partial charge in [0.2, 0.25) is 0 Å². The van der Waals surface area contributed by atoms with Crippen molar-refractivity contribution in [2.45, 2.75) is 120 Å². The third-order valence-corrected chi connectivity index (χ3v) is 21.8. The molecule has 15 aromatic rings. The number of benzene rings is 10. The number of anilines is 6. The second-order valence-corrected chi connectivity index (χ2v) is 31.9. The molecule has 0 bridgehead atoms. The Hall–Kier alpha value is -16.7. The van der Waals surface area contributed by atoms with Crippen LogP contribution in [0.3, 0.4) is 0 Å². The Morgan fingerprint density at radius 2 is 0.667 bits per heavy atom. The average Bonchev–Trinajstić information content (AvgIpc) is 1.67. The maximum atomic E-state index is 13.1. The second-order valence-electron chi connectivity index (χ2n) is 31.9. The molecule has 678 valence electrons. The number of aryl methyl sites for hydroxylation is 8. The Balaban J connectivity index is 0.000000160. The first-order chi connectivity index (χ1) is 63.3. The van der Waals surface area contributed by atoms with Gasteiger partial charge in [0.05, 0.1) is 41.7 Å². The average molecular weight is 1780 g/mol. The molecule has 0 aliphatic heterocycles. The van der Waals surface area contributed by atoms with Crippen LogP contribution in [0.2, 0.25) is 0 Å². The molecule has 6 amide bonds. The number of aromatic nitrogens is 10. The summed E-state index contributed by atoms with van der Waals surface area (Å²) in [5.41, 5.74) is 45.2. The summed E-state index contributed by atoms with van der Waals surface area (Å²) < 4.78 is 13.1. The number of aromatic amines is 5. The first-order valence-corrected chi connectivity index (χ1v) is 41.9. The van der Waals surface area contributed by atoms with E-state index in [0.29, 0.717) is 143 Å². The number of amides is 6. The molecule has 132 heavy (non-hydrogen) atoms. The van der Waals surface area contributed by atoms with E-state index >= 15 is 0 Å². The van der Waals surface area contributed by atoms with Crippen molar-refractivity contribution in [3.8, 4) is 34.3 Å². The van der Waals surface area contributed by atoms with Gasteiger partial charge in [-0.05, 0) is 222 Å². The van der Waals surface area contributed by atoms with Crippen molar-refractivity contribution in [1.29, 1.82) is 0 Å². The number of aromatic hydroxyl groups is 4. The summed E-state index contributed by atoms with van der Waals surface area (Å²) >= 11 is 0. The fourth-order valence-electron chi connectivity index (χ4n) is 15.1. The molecular weight excluding hydrogens is 1680 g/mol. The number of primary amides is 4. The molecule has 0 aliphatic carbocycles. The van der Waals surface area contributed by atoms with E-state index in [2.05, 4.69) is 82.9 Å². The second kappa shape index (κ2) is 43.2. The topological polar surface area (TPSA) is 543 Å². The van der Waals surface area contributed by atoms with Crippen LogP contribution in [-0.2, 0) is 65.1 Å². The van der Waals surface area contributed by atoms with Crippen molar-refractivity contribution >= 4 is 70.1 Å². The molecular formula is C99H103FN20O12. The van der Waals surface area contributed by atoms with E-state index in [1.165, 1.54) is 24.3 Å². The number of nitrogens with one attached hydrogen (secondary N) is 11. The van der Waals surface area contributed by atoms with E-state index in [1.807, 2.05) is 183 Å². The number of carbonyl (C=O) groups is 6. The highest BCUT2D eigenvalue weighted by Gasteiger charge is 2.25. The largest absolute Gasteiger partial charge is 0.507 e. The van der Waals surface area contributed by atoms with E-state index in [-0.39, 0.29) is 53.4 Å². The lowest BCUT2D eigenvalue weighted by Gasteiger charge is -2.10. The molecule has 15 rings (SSSR count). The van der Waals surface area contributed by atoms with Gasteiger partial charge >= 0.3 is 0 Å². The standard InChI is InChI=1S/C28H29N5O4.C27H26FN5O3.C23H24N6O2.C21H24N4O3/c1-16-11-19(12-17(2)25(16)35)14-30-27-24(26(29)36)23(32-33-27)13-18-7-9-21(10-8-18)31-28(37)22-6-4-3-5-20(22)15-34;1-15-11-18(12-16(2)24(15)34)14-30-26-23(25(29)35)22(32-33-26)13-17-3-9-21(10-4-17)31-27(36)19-5-7-20(28)8-6-19;1-13-9-16(10-14(2)21(13)30)12-25-23-20(22(24)31)19(28-29-23)11-15-3-5-17(6-4-15)18-7-8-26-27-18;1-12-6-16(7-13(2)19(12)27)10-23-21-18(20(22)28)17(24-25-21)9-14-4-3-5-15(8-14)11-26/h3-12,34-35H,13-15H2,1-2H3,(H2,29,36)(H,31,37)(H2,30,32,33);3-12,34H,13-14H2,1-2H3,(H2,29,35)(H,31,36)(H2,30,32,33);3-10,30H,11-12H2,1-2H3,(H2,24,31)(H,26,27)(H2,25,28,29);3-8,26-27H,9-11H2,1-2H3,(H2,22,28)(H2,23,24,25). The number of nitrogens with two attached hydrogens (primary N) is 4. The Morgan fingerprint density at radius 1 is 0.341 bits per heavy atom. The molecule has 5 heterocycles. The van der Waals surface area contributed by atoms with Gasteiger partial charge in [-0.2, -0.15) is 25.5 Å². The summed E-state index contributed by atoms with van der Waals surface area (Å²) in [6.07, 6.45) is 3.40. The number of halogens is 1. The van der Waals surface area contributed by atoms with Gasteiger partial charge in [0.25, 0.3) is 35.4 Å². The van der Waals surface area contributed by atoms with Crippen molar-refractivity contribution in [2.75, 3.05) is 31.9 Å². The summed E-state index contributed by atoms with van der Waals surface area (Å²) in [6.45, 7) is 16.1. The number of phenolic OH excluding ortho intramolecular Hbond substituents is 4. The minimum Gasteiger partial charge on any atom is -0.507 e. The van der Waals surface area contributed by atoms with Gasteiger partial charge in [-0.3, -0.25) is 54.3 Å². The SMILES string of the molecule is Cc1cc(CNc2n[nH]c(Cc3ccc(-c4ccn[nH]4)cc3)c2C(N)=O)cc(C)c1O.Cc1cc(CNc2n[nH]c(Cc3ccc(NC(=O)c4ccc(F)cc4)cc3)c2C(N)=O)cc(C)c1O.Cc1cc(CNc2n[nH]c(Cc3ccc(NC(=O)c4ccccc4CO)cc3)c2C(N)=O)cc(C)c1O.Cc1cc(CNc2n[nH]c(Cc3cccc(CO)c3)c2C(N)=O)cc(C)c1O. The van der Waals surface area contributed by atoms with Crippen LogP contribution < -0.4 is 54.8 Å². The van der Waals surface area contributed by atoms with Crippen LogP contribution in [-0.4, -0.2) is 117 Å². The van der Waals surface area contributed by atoms with Crippen molar-refractivity contribution in [1.82, 2.24) is 51.0 Å². The number of phenols is 4. The highest BCUT2D eigenvalue weighted by molar-refractivity contribution is 6.06. The molecule has 0 saturated carbocycles. The summed E-state index contributed by atoms with van der Waals surface area (Å²) in [4.78, 5) is 73.6. The third kappa shape index (κ3) is 24.1. The van der Waals surface area contributed by atoms with Gasteiger partial charge in [-0.25, -0.2) is 4.39 Å². The quantitative estimate of drug-likeness (QED) is 0.0192. The molecule has 10 aromatic carbocycles. The monoisotopic (exact) mass is 1780 g/mol. The molecule has 0 unspecified atom stereocenters. The smallest absolute Gasteiger partial charge is 0.256 e. The lowest BCUT2D eigenvalue weighted by atomic mass is 10.0. The Kier molecular flexibility index (Phi) is 30.9. The minimum atomic E-state index is -0.609. The van der Waals surface area contributed by atoms with Crippen molar-refractivity contribution < 1.29 is 63.8 Å². The van der Waals surface area contributed by atoms with Gasteiger partial charge in [0.15, 0.2) is 23.3 Å². The van der Waals surface area contributed by atoms with Crippen LogP contribution >= 0.6 is 0 Å². The summed E-state index contributed by atoms with van der Waals surface area (Å²) in [6, 6.07) is 58.9. The van der Waals surface area contributed by atoms with Crippen LogP contribution in [0, 0.1) is 61.2 Å². The Bertz CT molecular complexity index is 6570. The normalized spacial score (nSPS) is 10.8. The first-order valence-electron chi connectivity index (χ1n) is 41.9. The van der Waals surface area contributed by atoms with Crippen LogP contribution in [0.1, 0.15) is 185 Å². The number of aliphatic hydroxyl groups is 2. The fourth-order valence-corrected chi connectivity index (χ4v) is 15.1. The van der Waals surface area contributed by atoms with E-state index in [4.69, 9.17) is 22.9 Å². The van der Waals surface area contributed by atoms with E-state index in [0.717, 1.165) is 106 Å². The molecule has 5 aromatic heterocycles. The maximum Gasteiger partial charge on any atom is 0.256 e. The van der Waals surface area contributed by atoms with Crippen LogP contribution in [0.25, 0.3) is 11.3 Å². The number of rotatable bonds is 31. The van der Waals surface area contributed by atoms with Gasteiger partial charge in [0.1, 0.15) is 51.1 Å². The zero-order valence-corrected chi connectivity index (χ0v) is 73.8. The number of H-pyrrole nitrogens is 5. The molecule has 25 N–H and O–H groups in total. The number of nitrogens with zero attached hydrogens (tertiary/aromatic N) is 5. The molecule has 0 spiro atoms. The minimum absolute atomic E-state index is 0.0439. The van der Waals surface area contributed by atoms with Gasteiger partial charge < -0.3 is 85.5 Å².